The number of nitrogens with two attached hydrogens (primary N) is 1. The van der Waals surface area contributed by atoms with E-state index in [2.05, 4.69) is 22.3 Å². The zero-order valence-electron chi connectivity index (χ0n) is 17.1. The van der Waals surface area contributed by atoms with Gasteiger partial charge in [0.15, 0.2) is 0 Å². The summed E-state index contributed by atoms with van der Waals surface area (Å²) in [4.78, 5) is 4.59. The van der Waals surface area contributed by atoms with Gasteiger partial charge in [-0.25, -0.2) is 0 Å². The average Bonchev–Trinajstić information content (AvgIpc) is 3.19. The van der Waals surface area contributed by atoms with Crippen molar-refractivity contribution in [3.8, 4) is 28.6 Å². The fourth-order valence-electron chi connectivity index (χ4n) is 3.79. The SMILES string of the molecule is Cc1cc(-c2nc(-c3ccc4c(c3)CC(N)(CO)CC4)no2)ccc1OC(C)C. The van der Waals surface area contributed by atoms with Crippen molar-refractivity contribution in [3.05, 3.63) is 53.1 Å². The van der Waals surface area contributed by atoms with Crippen LogP contribution in [-0.2, 0) is 12.8 Å². The molecule has 0 saturated carbocycles. The van der Waals surface area contributed by atoms with Crippen LogP contribution in [0.5, 0.6) is 5.75 Å². The van der Waals surface area contributed by atoms with Crippen molar-refractivity contribution in [1.82, 2.24) is 10.1 Å². The lowest BCUT2D eigenvalue weighted by Crippen LogP contribution is -2.48. The number of benzene rings is 2. The fraction of sp³-hybridized carbons (Fsp3) is 0.391. The molecule has 0 saturated heterocycles. The Morgan fingerprint density at radius 2 is 1.97 bits per heavy atom. The summed E-state index contributed by atoms with van der Waals surface area (Å²) in [6, 6.07) is 12.0. The van der Waals surface area contributed by atoms with E-state index >= 15 is 0 Å². The summed E-state index contributed by atoms with van der Waals surface area (Å²) in [6.45, 7) is 6.00. The topological polar surface area (TPSA) is 94.4 Å². The zero-order valence-corrected chi connectivity index (χ0v) is 17.1. The molecular formula is C23H27N3O3. The van der Waals surface area contributed by atoms with Gasteiger partial charge in [-0.05, 0) is 81.0 Å². The maximum Gasteiger partial charge on any atom is 0.258 e. The van der Waals surface area contributed by atoms with Crippen molar-refractivity contribution in [3.63, 3.8) is 0 Å². The van der Waals surface area contributed by atoms with E-state index in [4.69, 9.17) is 15.0 Å². The van der Waals surface area contributed by atoms with Crippen molar-refractivity contribution in [1.29, 1.82) is 0 Å². The highest BCUT2D eigenvalue weighted by atomic mass is 16.5. The van der Waals surface area contributed by atoms with Gasteiger partial charge < -0.3 is 20.1 Å². The van der Waals surface area contributed by atoms with Crippen LogP contribution in [0.1, 0.15) is 37.0 Å². The number of hydrogen-bond donors (Lipinski definition) is 2. The summed E-state index contributed by atoms with van der Waals surface area (Å²) in [6.07, 6.45) is 2.43. The van der Waals surface area contributed by atoms with Crippen LogP contribution in [0.25, 0.3) is 22.8 Å². The lowest BCUT2D eigenvalue weighted by Gasteiger charge is -2.33. The molecule has 0 radical (unpaired) electrons. The molecule has 6 heteroatoms. The van der Waals surface area contributed by atoms with Crippen molar-refractivity contribution < 1.29 is 14.4 Å². The molecule has 1 atom stereocenters. The number of nitrogens with zero attached hydrogens (tertiary/aromatic N) is 2. The predicted molar refractivity (Wildman–Crippen MR) is 112 cm³/mol. The summed E-state index contributed by atoms with van der Waals surface area (Å²) in [5.74, 6) is 1.87. The number of ether oxygens (including phenoxy) is 1. The predicted octanol–water partition coefficient (Wildman–Crippen LogP) is 3.68. The van der Waals surface area contributed by atoms with Gasteiger partial charge in [0.25, 0.3) is 5.89 Å². The van der Waals surface area contributed by atoms with Crippen molar-refractivity contribution in [2.45, 2.75) is 51.7 Å². The Hall–Kier alpha value is -2.70. The average molecular weight is 393 g/mol. The van der Waals surface area contributed by atoms with Crippen molar-refractivity contribution in [2.24, 2.45) is 5.73 Å². The summed E-state index contributed by atoms with van der Waals surface area (Å²) < 4.78 is 11.3. The normalized spacial score (nSPS) is 18.7. The Morgan fingerprint density at radius 3 is 2.69 bits per heavy atom. The van der Waals surface area contributed by atoms with Crippen molar-refractivity contribution >= 4 is 0 Å². The van der Waals surface area contributed by atoms with E-state index in [-0.39, 0.29) is 12.7 Å². The van der Waals surface area contributed by atoms with E-state index in [0.717, 1.165) is 40.8 Å². The van der Waals surface area contributed by atoms with Crippen LogP contribution in [0.2, 0.25) is 0 Å². The second-order valence-electron chi connectivity index (χ2n) is 8.25. The third kappa shape index (κ3) is 4.04. The molecular weight excluding hydrogens is 366 g/mol. The first kappa shape index (κ1) is 19.6. The fourth-order valence-corrected chi connectivity index (χ4v) is 3.79. The molecule has 0 spiro atoms. The third-order valence-electron chi connectivity index (χ3n) is 5.42. The highest BCUT2D eigenvalue weighted by molar-refractivity contribution is 5.62. The molecule has 3 aromatic rings. The molecule has 2 aromatic carbocycles. The number of hydrogen-bond acceptors (Lipinski definition) is 6. The van der Waals surface area contributed by atoms with Crippen LogP contribution < -0.4 is 10.5 Å². The molecule has 0 amide bonds. The van der Waals surface area contributed by atoms with Gasteiger partial charge in [0.1, 0.15) is 5.75 Å². The molecule has 152 valence electrons. The van der Waals surface area contributed by atoms with Crippen LogP contribution in [0.3, 0.4) is 0 Å². The smallest absolute Gasteiger partial charge is 0.258 e. The Balaban J connectivity index is 1.60. The Bertz CT molecular complexity index is 1030. The van der Waals surface area contributed by atoms with Crippen LogP contribution in [0.4, 0.5) is 0 Å². The number of aryl methyl sites for hydroxylation is 2. The Labute approximate surface area is 170 Å². The van der Waals surface area contributed by atoms with E-state index in [9.17, 15) is 5.11 Å². The quantitative estimate of drug-likeness (QED) is 0.687. The lowest BCUT2D eigenvalue weighted by molar-refractivity contribution is 0.181. The zero-order chi connectivity index (χ0) is 20.6. The number of fused-ring (bicyclic) bond motifs is 1. The maximum atomic E-state index is 9.61. The minimum absolute atomic E-state index is 0.0150. The molecule has 6 nitrogen and oxygen atoms in total. The van der Waals surface area contributed by atoms with E-state index in [1.807, 2.05) is 45.0 Å². The highest BCUT2D eigenvalue weighted by Crippen LogP contribution is 2.31. The Morgan fingerprint density at radius 1 is 1.17 bits per heavy atom. The minimum Gasteiger partial charge on any atom is -0.491 e. The van der Waals surface area contributed by atoms with Gasteiger partial charge in [-0.15, -0.1) is 0 Å². The molecule has 4 rings (SSSR count). The number of aliphatic hydroxyl groups is 1. The van der Waals surface area contributed by atoms with Crippen LogP contribution >= 0.6 is 0 Å². The number of aromatic nitrogens is 2. The highest BCUT2D eigenvalue weighted by Gasteiger charge is 2.30. The molecule has 29 heavy (non-hydrogen) atoms. The van der Waals surface area contributed by atoms with Gasteiger partial charge in [0.2, 0.25) is 5.82 Å². The molecule has 1 unspecified atom stereocenters. The minimum atomic E-state index is -0.550. The van der Waals surface area contributed by atoms with E-state index < -0.39 is 5.54 Å². The largest absolute Gasteiger partial charge is 0.491 e. The molecule has 3 N–H and O–H groups in total. The lowest BCUT2D eigenvalue weighted by atomic mass is 9.78. The second-order valence-corrected chi connectivity index (χ2v) is 8.25. The third-order valence-corrected chi connectivity index (χ3v) is 5.42. The monoisotopic (exact) mass is 393 g/mol. The molecule has 1 aromatic heterocycles. The van der Waals surface area contributed by atoms with E-state index in [0.29, 0.717) is 18.1 Å². The summed E-state index contributed by atoms with van der Waals surface area (Å²) in [7, 11) is 0. The first-order valence-electron chi connectivity index (χ1n) is 10.0. The van der Waals surface area contributed by atoms with Gasteiger partial charge in [0, 0.05) is 16.7 Å². The van der Waals surface area contributed by atoms with Gasteiger partial charge >= 0.3 is 0 Å². The van der Waals surface area contributed by atoms with Crippen LogP contribution in [0, 0.1) is 6.92 Å². The molecule has 0 bridgehead atoms. The maximum absolute atomic E-state index is 9.61. The van der Waals surface area contributed by atoms with E-state index in [1.165, 1.54) is 5.56 Å². The second kappa shape index (κ2) is 7.61. The van der Waals surface area contributed by atoms with Crippen molar-refractivity contribution in [2.75, 3.05) is 6.61 Å². The van der Waals surface area contributed by atoms with Gasteiger partial charge in [-0.3, -0.25) is 0 Å². The molecule has 1 aliphatic carbocycles. The molecule has 1 heterocycles. The first-order chi connectivity index (χ1) is 13.9. The standard InChI is InChI=1S/C23H27N3O3/c1-14(2)28-20-7-6-18(10-15(20)3)22-25-21(26-29-22)17-5-4-16-8-9-23(24,13-27)12-19(16)11-17/h4-7,10-11,14,27H,8-9,12-13,24H2,1-3H3. The molecule has 0 aliphatic heterocycles. The summed E-state index contributed by atoms with van der Waals surface area (Å²) >= 11 is 0. The van der Waals surface area contributed by atoms with Gasteiger partial charge in [-0.1, -0.05) is 17.3 Å². The van der Waals surface area contributed by atoms with Gasteiger partial charge in [0.05, 0.1) is 12.7 Å². The Kier molecular flexibility index (Phi) is 5.15. The summed E-state index contributed by atoms with van der Waals surface area (Å²) in [5, 5.41) is 13.8. The first-order valence-corrected chi connectivity index (χ1v) is 10.0. The number of rotatable bonds is 5. The number of aliphatic hydroxyl groups excluding tert-OH is 1. The van der Waals surface area contributed by atoms with Gasteiger partial charge in [-0.2, -0.15) is 4.98 Å². The van der Waals surface area contributed by atoms with Crippen LogP contribution in [0.15, 0.2) is 40.9 Å². The summed E-state index contributed by atoms with van der Waals surface area (Å²) in [5.41, 5.74) is 10.9. The molecule has 1 aliphatic rings. The van der Waals surface area contributed by atoms with E-state index in [1.54, 1.807) is 0 Å². The van der Waals surface area contributed by atoms with Crippen LogP contribution in [-0.4, -0.2) is 33.5 Å². The molecule has 0 fully saturated rings.